The Hall–Kier alpha value is -1.16. The fourth-order valence-electron chi connectivity index (χ4n) is 4.15. The lowest BCUT2D eigenvalue weighted by molar-refractivity contribution is -0.138. The molecule has 3 atom stereocenters. The molecule has 0 radical (unpaired) electrons. The number of hydrogen-bond donors (Lipinski definition) is 0. The predicted octanol–water partition coefficient (Wildman–Crippen LogP) is 3.93. The average molecular weight is 332 g/mol. The molecular formula is C19H29NO2Si. The Morgan fingerprint density at radius 1 is 1.22 bits per heavy atom. The minimum Gasteiger partial charge on any atom is -0.285 e. The Morgan fingerprint density at radius 2 is 1.87 bits per heavy atom. The van der Waals surface area contributed by atoms with Gasteiger partial charge in [-0.2, -0.15) is 0 Å². The van der Waals surface area contributed by atoms with Crippen molar-refractivity contribution in [1.29, 1.82) is 0 Å². The van der Waals surface area contributed by atoms with Gasteiger partial charge in [-0.15, -0.1) is 0 Å². The Balaban J connectivity index is 2.11. The molecule has 0 spiro atoms. The quantitative estimate of drug-likeness (QED) is 0.539. The van der Waals surface area contributed by atoms with Crippen LogP contribution in [-0.2, 0) is 9.59 Å². The average Bonchev–Trinajstić information content (AvgIpc) is 2.96. The molecule has 0 aromatic rings. The summed E-state index contributed by atoms with van der Waals surface area (Å²) in [7, 11) is -0.00411. The van der Waals surface area contributed by atoms with Crippen molar-refractivity contribution in [2.75, 3.05) is 7.05 Å². The Labute approximate surface area is 140 Å². The molecule has 3 rings (SSSR count). The number of hydrogen-bond acceptors (Lipinski definition) is 2. The van der Waals surface area contributed by atoms with Crippen molar-refractivity contribution in [3.05, 3.63) is 22.9 Å². The predicted molar refractivity (Wildman–Crippen MR) is 95.5 cm³/mol. The smallest absolute Gasteiger partial charge is 0.237 e. The van der Waals surface area contributed by atoms with E-state index in [-0.39, 0.29) is 28.7 Å². The van der Waals surface area contributed by atoms with Gasteiger partial charge in [0, 0.05) is 7.05 Å². The number of carbonyl (C=O) groups is 2. The zero-order valence-corrected chi connectivity index (χ0v) is 16.3. The van der Waals surface area contributed by atoms with Crippen LogP contribution in [0.2, 0.25) is 18.1 Å². The molecule has 0 bridgehead atoms. The van der Waals surface area contributed by atoms with E-state index in [1.165, 1.54) is 10.5 Å². The van der Waals surface area contributed by atoms with Gasteiger partial charge in [0.15, 0.2) is 0 Å². The van der Waals surface area contributed by atoms with Crippen molar-refractivity contribution in [3.63, 3.8) is 0 Å². The molecule has 2 amide bonds. The fourth-order valence-corrected chi connectivity index (χ4v) is 5.68. The maximum Gasteiger partial charge on any atom is 0.237 e. The normalized spacial score (nSPS) is 33.1. The van der Waals surface area contributed by atoms with Crippen LogP contribution in [0.3, 0.4) is 0 Å². The van der Waals surface area contributed by atoms with Crippen LogP contribution >= 0.6 is 0 Å². The van der Waals surface area contributed by atoms with Crippen LogP contribution in [0.4, 0.5) is 0 Å². The molecule has 1 saturated heterocycles. The van der Waals surface area contributed by atoms with E-state index in [0.717, 1.165) is 24.8 Å². The highest BCUT2D eigenvalue weighted by Gasteiger charge is 2.54. The molecule has 0 aromatic heterocycles. The van der Waals surface area contributed by atoms with Gasteiger partial charge in [0.2, 0.25) is 11.8 Å². The Bertz CT molecular complexity index is 624. The van der Waals surface area contributed by atoms with Crippen molar-refractivity contribution in [2.24, 2.45) is 17.8 Å². The summed E-state index contributed by atoms with van der Waals surface area (Å²) in [5.74, 6) is -0.0109. The van der Waals surface area contributed by atoms with Crippen LogP contribution in [-0.4, -0.2) is 31.8 Å². The molecule has 4 heteroatoms. The van der Waals surface area contributed by atoms with E-state index in [4.69, 9.17) is 0 Å². The number of imide groups is 1. The van der Waals surface area contributed by atoms with Crippen LogP contribution in [0, 0.1) is 17.8 Å². The van der Waals surface area contributed by atoms with E-state index in [2.05, 4.69) is 45.6 Å². The van der Waals surface area contributed by atoms with Gasteiger partial charge < -0.3 is 0 Å². The molecule has 2 fully saturated rings. The van der Waals surface area contributed by atoms with Gasteiger partial charge in [-0.3, -0.25) is 14.5 Å². The van der Waals surface area contributed by atoms with Gasteiger partial charge in [-0.05, 0) is 35.8 Å². The highest BCUT2D eigenvalue weighted by molar-refractivity contribution is 6.84. The summed E-state index contributed by atoms with van der Waals surface area (Å²) < 4.78 is 0. The summed E-state index contributed by atoms with van der Waals surface area (Å²) in [6.45, 7) is 11.6. The Kier molecular flexibility index (Phi) is 3.75. The van der Waals surface area contributed by atoms with E-state index in [1.54, 1.807) is 7.05 Å². The zero-order chi connectivity index (χ0) is 17.2. The zero-order valence-electron chi connectivity index (χ0n) is 15.3. The van der Waals surface area contributed by atoms with Crippen LogP contribution in [0.15, 0.2) is 22.9 Å². The van der Waals surface area contributed by atoms with Gasteiger partial charge >= 0.3 is 0 Å². The van der Waals surface area contributed by atoms with E-state index < -0.39 is 8.07 Å². The topological polar surface area (TPSA) is 37.4 Å². The molecule has 0 unspecified atom stereocenters. The third-order valence-corrected chi connectivity index (χ3v) is 11.6. The first kappa shape index (κ1) is 16.7. The van der Waals surface area contributed by atoms with E-state index >= 15 is 0 Å². The molecule has 23 heavy (non-hydrogen) atoms. The minimum atomic E-state index is -1.66. The minimum absolute atomic E-state index is 0.00663. The molecule has 3 nitrogen and oxygen atoms in total. The molecule has 1 heterocycles. The number of allylic oxidation sites excluding steroid dienone is 2. The number of likely N-dealkylation sites (tertiary alicyclic amines) is 1. The second-order valence-corrected chi connectivity index (χ2v) is 14.3. The van der Waals surface area contributed by atoms with Crippen LogP contribution in [0.1, 0.15) is 40.0 Å². The second kappa shape index (κ2) is 5.17. The summed E-state index contributed by atoms with van der Waals surface area (Å²) in [6, 6.07) is 0. The number of nitrogens with zero attached hydrogens (tertiary/aromatic N) is 1. The molecule has 0 aromatic carbocycles. The lowest BCUT2D eigenvalue weighted by Crippen LogP contribution is -2.38. The number of amides is 2. The van der Waals surface area contributed by atoms with E-state index in [0.29, 0.717) is 5.92 Å². The van der Waals surface area contributed by atoms with Gasteiger partial charge in [0.1, 0.15) is 0 Å². The lowest BCUT2D eigenvalue weighted by Gasteiger charge is -2.37. The van der Waals surface area contributed by atoms with Crippen molar-refractivity contribution in [2.45, 2.75) is 58.2 Å². The van der Waals surface area contributed by atoms with E-state index in [1.807, 2.05) is 0 Å². The van der Waals surface area contributed by atoms with Gasteiger partial charge in [-0.25, -0.2) is 0 Å². The van der Waals surface area contributed by atoms with E-state index in [9.17, 15) is 9.59 Å². The van der Waals surface area contributed by atoms with Crippen molar-refractivity contribution in [3.8, 4) is 0 Å². The molecule has 3 aliphatic rings. The van der Waals surface area contributed by atoms with Crippen LogP contribution < -0.4 is 0 Å². The Morgan fingerprint density at radius 3 is 2.48 bits per heavy atom. The molecule has 126 valence electrons. The SMILES string of the molecule is CN1C(=O)[C@@H]2[C@@H]3CCCC3=C/C(=C/[Si](C)(C)C(C)(C)C)[C@@H]2C1=O. The maximum atomic E-state index is 12.7. The van der Waals surface area contributed by atoms with Gasteiger partial charge in [0.25, 0.3) is 0 Å². The standard InChI is InChI=1S/C19H29NO2Si/c1-19(2,3)23(5,6)11-13-10-12-8-7-9-14(12)16-15(13)17(21)20(4)18(16)22/h10-11,14-16H,7-9H2,1-6H3/b13-11-/t14-,15+,16-/m1/s1. The van der Waals surface area contributed by atoms with Crippen molar-refractivity contribution < 1.29 is 9.59 Å². The first-order valence-electron chi connectivity index (χ1n) is 8.79. The van der Waals surface area contributed by atoms with Crippen LogP contribution in [0.5, 0.6) is 0 Å². The van der Waals surface area contributed by atoms with Gasteiger partial charge in [0.05, 0.1) is 19.9 Å². The maximum absolute atomic E-state index is 12.7. The molecular weight excluding hydrogens is 302 g/mol. The summed E-state index contributed by atoms with van der Waals surface area (Å²) in [5, 5.41) is 0.234. The van der Waals surface area contributed by atoms with Gasteiger partial charge in [-0.1, -0.05) is 51.2 Å². The largest absolute Gasteiger partial charge is 0.285 e. The van der Waals surface area contributed by atoms with Crippen molar-refractivity contribution in [1.82, 2.24) is 4.90 Å². The van der Waals surface area contributed by atoms with Crippen molar-refractivity contribution >= 4 is 19.9 Å². The second-order valence-electron chi connectivity index (χ2n) is 9.07. The number of fused-ring (bicyclic) bond motifs is 3. The first-order valence-corrected chi connectivity index (χ1v) is 11.9. The molecule has 2 aliphatic carbocycles. The summed E-state index contributed by atoms with van der Waals surface area (Å²) in [6.07, 6.45) is 5.59. The molecule has 0 N–H and O–H groups in total. The third kappa shape index (κ3) is 2.46. The summed E-state index contributed by atoms with van der Waals surface area (Å²) in [4.78, 5) is 26.8. The highest BCUT2D eigenvalue weighted by Crippen LogP contribution is 2.51. The third-order valence-electron chi connectivity index (χ3n) is 6.63. The molecule has 1 saturated carbocycles. The van der Waals surface area contributed by atoms with Crippen LogP contribution in [0.25, 0.3) is 0 Å². The number of rotatable bonds is 1. The summed E-state index contributed by atoms with van der Waals surface area (Å²) >= 11 is 0. The fraction of sp³-hybridized carbons (Fsp3) is 0.684. The monoisotopic (exact) mass is 331 g/mol. The number of carbonyl (C=O) groups excluding carboxylic acids is 2. The summed E-state index contributed by atoms with van der Waals surface area (Å²) in [5.41, 5.74) is 4.95. The lowest BCUT2D eigenvalue weighted by atomic mass is 9.72. The molecule has 1 aliphatic heterocycles. The first-order chi connectivity index (χ1) is 10.5. The highest BCUT2D eigenvalue weighted by atomic mass is 28.3.